The van der Waals surface area contributed by atoms with Crippen LogP contribution in [-0.4, -0.2) is 171 Å². The Hall–Kier alpha value is -4.93. The molecule has 8 amide bonds. The zero-order valence-corrected chi connectivity index (χ0v) is 32.3. The average Bonchev–Trinajstić information content (AvgIpc) is 3.84. The second-order valence-electron chi connectivity index (χ2n) is 14.4. The third-order valence-corrected chi connectivity index (χ3v) is 9.34. The molecule has 0 aromatic heterocycles. The van der Waals surface area contributed by atoms with Gasteiger partial charge in [-0.15, -0.1) is 0 Å². The molecule has 12 N–H and O–H groups in total. The Morgan fingerprint density at radius 2 is 1.25 bits per heavy atom. The summed E-state index contributed by atoms with van der Waals surface area (Å²) in [5.74, 6) is -7.77. The number of nitrogens with two attached hydrogens (primary N) is 1. The van der Waals surface area contributed by atoms with Crippen LogP contribution in [0.2, 0.25) is 0 Å². The number of aliphatic carboxylic acids is 1. The van der Waals surface area contributed by atoms with Crippen LogP contribution in [0.5, 0.6) is 0 Å². The Morgan fingerprint density at radius 1 is 0.679 bits per heavy atom. The fraction of sp³-hybridized carbons (Fsp3) is 0.735. The lowest BCUT2D eigenvalue weighted by Gasteiger charge is -2.30. The van der Waals surface area contributed by atoms with Gasteiger partial charge in [-0.3, -0.25) is 38.4 Å². The maximum atomic E-state index is 13.4. The molecular weight excluding hydrogens is 742 g/mol. The van der Waals surface area contributed by atoms with E-state index >= 15 is 0 Å². The van der Waals surface area contributed by atoms with Crippen molar-refractivity contribution in [3.05, 3.63) is 0 Å². The van der Waals surface area contributed by atoms with E-state index < -0.39 is 127 Å². The second kappa shape index (κ2) is 22.0. The molecule has 0 radical (unpaired) electrons. The van der Waals surface area contributed by atoms with Crippen LogP contribution in [0.15, 0.2) is 0 Å². The van der Waals surface area contributed by atoms with Gasteiger partial charge in [-0.2, -0.15) is 0 Å². The highest BCUT2D eigenvalue weighted by Crippen LogP contribution is 2.20. The molecule has 2 aliphatic heterocycles. The van der Waals surface area contributed by atoms with Gasteiger partial charge in [0.15, 0.2) is 0 Å². The summed E-state index contributed by atoms with van der Waals surface area (Å²) in [6.07, 6.45) is -0.128. The summed E-state index contributed by atoms with van der Waals surface area (Å²) in [5.41, 5.74) is 5.44. The zero-order valence-electron chi connectivity index (χ0n) is 32.3. The van der Waals surface area contributed by atoms with Crippen molar-refractivity contribution in [2.75, 3.05) is 32.8 Å². The third kappa shape index (κ3) is 13.4. The summed E-state index contributed by atoms with van der Waals surface area (Å²) in [6, 6.07) is -10.2. The van der Waals surface area contributed by atoms with Crippen LogP contribution in [0.25, 0.3) is 0 Å². The van der Waals surface area contributed by atoms with Gasteiger partial charge in [-0.1, -0.05) is 13.8 Å². The van der Waals surface area contributed by atoms with Gasteiger partial charge in [-0.05, 0) is 58.8 Å². The van der Waals surface area contributed by atoms with E-state index in [0.29, 0.717) is 12.8 Å². The van der Waals surface area contributed by atoms with Crippen LogP contribution in [0.3, 0.4) is 0 Å². The number of hydrogen-bond donors (Lipinski definition) is 11. The van der Waals surface area contributed by atoms with Crippen molar-refractivity contribution in [3.63, 3.8) is 0 Å². The molecule has 56 heavy (non-hydrogen) atoms. The number of aliphatic hydroxyl groups is 3. The summed E-state index contributed by atoms with van der Waals surface area (Å²) in [4.78, 5) is 117. The van der Waals surface area contributed by atoms with Gasteiger partial charge in [-0.25, -0.2) is 4.79 Å². The number of nitrogens with one attached hydrogen (secondary N) is 6. The predicted molar refractivity (Wildman–Crippen MR) is 194 cm³/mol. The van der Waals surface area contributed by atoms with Crippen LogP contribution in [0.4, 0.5) is 0 Å². The summed E-state index contributed by atoms with van der Waals surface area (Å²) < 4.78 is 0. The van der Waals surface area contributed by atoms with Crippen molar-refractivity contribution in [1.29, 1.82) is 0 Å². The Balaban J connectivity index is 2.05. The number of carboxylic acids is 1. The van der Waals surface area contributed by atoms with Crippen molar-refractivity contribution < 1.29 is 63.6 Å². The Labute approximate surface area is 324 Å². The lowest BCUT2D eigenvalue weighted by atomic mass is 10.0. The van der Waals surface area contributed by atoms with Crippen LogP contribution < -0.4 is 37.6 Å². The number of carbonyl (C=O) groups is 9. The molecule has 0 aromatic carbocycles. The highest BCUT2D eigenvalue weighted by Gasteiger charge is 2.40. The van der Waals surface area contributed by atoms with Crippen molar-refractivity contribution in [2.24, 2.45) is 11.7 Å². The number of amides is 8. The van der Waals surface area contributed by atoms with E-state index in [1.807, 2.05) is 0 Å². The molecule has 2 aliphatic rings. The third-order valence-electron chi connectivity index (χ3n) is 9.34. The van der Waals surface area contributed by atoms with E-state index in [4.69, 9.17) is 10.8 Å². The smallest absolute Gasteiger partial charge is 0.326 e. The Kier molecular flexibility index (Phi) is 18.5. The molecule has 316 valence electrons. The molecule has 22 heteroatoms. The van der Waals surface area contributed by atoms with E-state index in [9.17, 15) is 58.5 Å². The van der Waals surface area contributed by atoms with E-state index in [0.717, 1.165) is 4.90 Å². The fourth-order valence-corrected chi connectivity index (χ4v) is 6.22. The monoisotopic (exact) mass is 799 g/mol. The minimum Gasteiger partial charge on any atom is -0.480 e. The molecule has 0 aliphatic carbocycles. The number of rotatable bonds is 20. The number of carbonyl (C=O) groups excluding carboxylic acids is 8. The van der Waals surface area contributed by atoms with Crippen LogP contribution in [-0.2, 0) is 43.2 Å². The van der Waals surface area contributed by atoms with Gasteiger partial charge in [0.05, 0.1) is 25.9 Å². The SMILES string of the molecule is CC(C)C[C@H](NC(=O)[C@H](CO)NC(=O)[C@@H](NC(=O)[C@@H]1CCCN1C(=O)[C@H](C)NC(=O)[C@H](C)NC(=O)[C@@H](N)CO)[C@@H](C)O)C(=O)NCC(=O)N1CCC[C@H]1C(=O)O. The Morgan fingerprint density at radius 3 is 1.80 bits per heavy atom. The number of likely N-dealkylation sites (tertiary alicyclic amines) is 2. The topological polar surface area (TPSA) is 339 Å². The maximum Gasteiger partial charge on any atom is 0.326 e. The first-order chi connectivity index (χ1) is 26.2. The van der Waals surface area contributed by atoms with Gasteiger partial charge >= 0.3 is 5.97 Å². The lowest BCUT2D eigenvalue weighted by Crippen LogP contribution is -2.61. The molecule has 2 rings (SSSR count). The molecule has 0 aromatic rings. The van der Waals surface area contributed by atoms with Crippen molar-refractivity contribution >= 4 is 53.2 Å². The molecule has 2 heterocycles. The van der Waals surface area contributed by atoms with E-state index in [1.165, 1.54) is 25.7 Å². The van der Waals surface area contributed by atoms with Gasteiger partial charge in [0, 0.05) is 13.1 Å². The predicted octanol–water partition coefficient (Wildman–Crippen LogP) is -5.63. The molecule has 2 saturated heterocycles. The highest BCUT2D eigenvalue weighted by atomic mass is 16.4. The first-order valence-electron chi connectivity index (χ1n) is 18.5. The summed E-state index contributed by atoms with van der Waals surface area (Å²) in [5, 5.41) is 53.1. The van der Waals surface area contributed by atoms with Crippen molar-refractivity contribution in [3.8, 4) is 0 Å². The maximum absolute atomic E-state index is 13.4. The first kappa shape index (κ1) is 47.2. The molecule has 0 spiro atoms. The van der Waals surface area contributed by atoms with Crippen LogP contribution in [0, 0.1) is 5.92 Å². The summed E-state index contributed by atoms with van der Waals surface area (Å²) >= 11 is 0. The first-order valence-corrected chi connectivity index (χ1v) is 18.5. The normalized spacial score (nSPS) is 20.4. The Bertz CT molecular complexity index is 1460. The molecule has 9 atom stereocenters. The van der Waals surface area contributed by atoms with Crippen molar-refractivity contribution in [2.45, 2.75) is 121 Å². The van der Waals surface area contributed by atoms with Crippen LogP contribution in [0.1, 0.15) is 66.7 Å². The van der Waals surface area contributed by atoms with Crippen LogP contribution >= 0.6 is 0 Å². The zero-order chi connectivity index (χ0) is 42.4. The van der Waals surface area contributed by atoms with Gasteiger partial charge in [0.1, 0.15) is 48.3 Å². The number of nitrogens with zero attached hydrogens (tertiary/aromatic N) is 2. The quantitative estimate of drug-likeness (QED) is 0.0547. The van der Waals surface area contributed by atoms with E-state index in [-0.39, 0.29) is 38.3 Å². The summed E-state index contributed by atoms with van der Waals surface area (Å²) in [6.45, 7) is 5.62. The largest absolute Gasteiger partial charge is 0.480 e. The molecule has 22 nitrogen and oxygen atoms in total. The van der Waals surface area contributed by atoms with Gasteiger partial charge in [0.2, 0.25) is 47.3 Å². The van der Waals surface area contributed by atoms with Gasteiger partial charge < -0.3 is 67.9 Å². The molecular formula is C34H57N9O13. The minimum atomic E-state index is -1.67. The van der Waals surface area contributed by atoms with Gasteiger partial charge in [0.25, 0.3) is 0 Å². The molecule has 0 bridgehead atoms. The van der Waals surface area contributed by atoms with Crippen molar-refractivity contribution in [1.82, 2.24) is 41.7 Å². The van der Waals surface area contributed by atoms with E-state index in [2.05, 4.69) is 31.9 Å². The second-order valence-corrected chi connectivity index (χ2v) is 14.4. The molecule has 0 saturated carbocycles. The number of carboxylic acid groups (broad SMARTS) is 1. The summed E-state index contributed by atoms with van der Waals surface area (Å²) in [7, 11) is 0. The van der Waals surface area contributed by atoms with E-state index in [1.54, 1.807) is 13.8 Å². The number of hydrogen-bond acceptors (Lipinski definition) is 13. The standard InChI is InChI=1S/C34H57N9O13/c1-16(2)12-21(29(50)36-13-25(47)42-10-7-9-24(42)34(55)56)39-30(51)22(15-45)40-32(53)26(19(5)46)41-31(52)23-8-6-11-43(23)33(54)18(4)38-27(48)17(3)37-28(49)20(35)14-44/h16-24,26,44-46H,6-15,35H2,1-5H3,(H,36,50)(H,37,49)(H,38,48)(H,39,51)(H,40,53)(H,41,52)(H,55,56)/t17-,18-,19+,20-,21-,22-,23-,24-,26-/m0/s1. The molecule has 2 fully saturated rings. The fourth-order valence-electron chi connectivity index (χ4n) is 6.22. The minimum absolute atomic E-state index is 0.0828. The lowest BCUT2D eigenvalue weighted by molar-refractivity contribution is -0.148. The highest BCUT2D eigenvalue weighted by molar-refractivity contribution is 5.98. The molecule has 0 unspecified atom stereocenters. The average molecular weight is 800 g/mol. The number of aliphatic hydroxyl groups excluding tert-OH is 3.